The third-order valence-corrected chi connectivity index (χ3v) is 7.84. The summed E-state index contributed by atoms with van der Waals surface area (Å²) in [5.41, 5.74) is 0.553. The van der Waals surface area contributed by atoms with Crippen LogP contribution in [0.15, 0.2) is 12.7 Å². The minimum Gasteiger partial charge on any atom is -0.481 e. The molecule has 3 aliphatic carbocycles. The molecule has 0 aromatic rings. The van der Waals surface area contributed by atoms with Crippen LogP contribution in [0.4, 0.5) is 0 Å². The number of rotatable bonds is 5. The average Bonchev–Trinajstić information content (AvgIpc) is 2.63. The SMILES string of the molecule is C=CCC1(C2CCCCC2)CCC(C2CCC(C(=O)O)CC2)CC1. The fraction of sp³-hybridized carbons (Fsp3) is 0.864. The predicted molar refractivity (Wildman–Crippen MR) is 98.9 cm³/mol. The van der Waals surface area contributed by atoms with E-state index in [1.165, 1.54) is 64.2 Å². The molecule has 24 heavy (non-hydrogen) atoms. The number of hydrogen-bond donors (Lipinski definition) is 1. The van der Waals surface area contributed by atoms with E-state index < -0.39 is 5.97 Å². The lowest BCUT2D eigenvalue weighted by Crippen LogP contribution is -2.38. The van der Waals surface area contributed by atoms with Gasteiger partial charge in [-0.3, -0.25) is 4.79 Å². The normalized spacial score (nSPS) is 38.6. The lowest BCUT2D eigenvalue weighted by Gasteiger charge is -2.48. The molecule has 0 spiro atoms. The lowest BCUT2D eigenvalue weighted by molar-refractivity contribution is -0.143. The Hall–Kier alpha value is -0.790. The summed E-state index contributed by atoms with van der Waals surface area (Å²) < 4.78 is 0. The van der Waals surface area contributed by atoms with Gasteiger partial charge in [0.1, 0.15) is 0 Å². The van der Waals surface area contributed by atoms with E-state index in [1.54, 1.807) is 0 Å². The van der Waals surface area contributed by atoms with Gasteiger partial charge < -0.3 is 5.11 Å². The highest BCUT2D eigenvalue weighted by molar-refractivity contribution is 5.69. The Balaban J connectivity index is 1.55. The van der Waals surface area contributed by atoms with Crippen LogP contribution < -0.4 is 0 Å². The summed E-state index contributed by atoms with van der Waals surface area (Å²) in [6.07, 6.45) is 20.3. The van der Waals surface area contributed by atoms with Crippen LogP contribution >= 0.6 is 0 Å². The summed E-state index contributed by atoms with van der Waals surface area (Å²) in [4.78, 5) is 11.2. The molecule has 3 fully saturated rings. The largest absolute Gasteiger partial charge is 0.481 e. The van der Waals surface area contributed by atoms with Crippen LogP contribution in [-0.2, 0) is 4.79 Å². The van der Waals surface area contributed by atoms with Crippen LogP contribution in [0.25, 0.3) is 0 Å². The Kier molecular flexibility index (Phi) is 6.05. The minimum absolute atomic E-state index is 0.0630. The number of carboxylic acid groups (broad SMARTS) is 1. The number of aliphatic carboxylic acids is 1. The van der Waals surface area contributed by atoms with Gasteiger partial charge in [-0.1, -0.05) is 25.3 Å². The van der Waals surface area contributed by atoms with Crippen molar-refractivity contribution in [2.24, 2.45) is 29.1 Å². The van der Waals surface area contributed by atoms with E-state index in [4.69, 9.17) is 0 Å². The maximum atomic E-state index is 11.2. The molecule has 136 valence electrons. The topological polar surface area (TPSA) is 37.3 Å². The van der Waals surface area contributed by atoms with Crippen molar-refractivity contribution in [2.75, 3.05) is 0 Å². The molecule has 3 aliphatic rings. The first-order valence-corrected chi connectivity index (χ1v) is 10.5. The smallest absolute Gasteiger partial charge is 0.306 e. The van der Waals surface area contributed by atoms with Gasteiger partial charge in [0.05, 0.1) is 5.92 Å². The van der Waals surface area contributed by atoms with Crippen LogP contribution in [0.2, 0.25) is 0 Å². The molecule has 2 nitrogen and oxygen atoms in total. The van der Waals surface area contributed by atoms with E-state index in [0.29, 0.717) is 5.41 Å². The fourth-order valence-electron chi connectivity index (χ4n) is 6.31. The highest BCUT2D eigenvalue weighted by Gasteiger charge is 2.42. The summed E-state index contributed by atoms with van der Waals surface area (Å²) in [6, 6.07) is 0. The van der Waals surface area contributed by atoms with Gasteiger partial charge in [-0.05, 0) is 93.8 Å². The van der Waals surface area contributed by atoms with Crippen LogP contribution in [0, 0.1) is 29.1 Å². The third kappa shape index (κ3) is 3.89. The van der Waals surface area contributed by atoms with Gasteiger partial charge in [0.15, 0.2) is 0 Å². The van der Waals surface area contributed by atoms with E-state index >= 15 is 0 Å². The average molecular weight is 333 g/mol. The summed E-state index contributed by atoms with van der Waals surface area (Å²) in [6.45, 7) is 4.07. The third-order valence-electron chi connectivity index (χ3n) is 7.84. The predicted octanol–water partition coefficient (Wildman–Crippen LogP) is 6.21. The fourth-order valence-corrected chi connectivity index (χ4v) is 6.31. The van der Waals surface area contributed by atoms with Gasteiger partial charge in [-0.25, -0.2) is 0 Å². The van der Waals surface area contributed by atoms with Crippen LogP contribution in [-0.4, -0.2) is 11.1 Å². The number of hydrogen-bond acceptors (Lipinski definition) is 1. The number of allylic oxidation sites excluding steroid dienone is 1. The number of carbonyl (C=O) groups is 1. The van der Waals surface area contributed by atoms with Crippen molar-refractivity contribution in [2.45, 2.75) is 89.9 Å². The van der Waals surface area contributed by atoms with Crippen molar-refractivity contribution in [3.63, 3.8) is 0 Å². The second-order valence-corrected chi connectivity index (χ2v) is 8.98. The van der Waals surface area contributed by atoms with Crippen molar-refractivity contribution in [3.05, 3.63) is 12.7 Å². The molecule has 0 bridgehead atoms. The monoisotopic (exact) mass is 332 g/mol. The van der Waals surface area contributed by atoms with Crippen molar-refractivity contribution in [3.8, 4) is 0 Å². The molecule has 2 heteroatoms. The summed E-state index contributed by atoms with van der Waals surface area (Å²) >= 11 is 0. The zero-order valence-electron chi connectivity index (χ0n) is 15.3. The van der Waals surface area contributed by atoms with Gasteiger partial charge in [0, 0.05) is 0 Å². The van der Waals surface area contributed by atoms with Gasteiger partial charge in [0.25, 0.3) is 0 Å². The zero-order chi connectivity index (χ0) is 17.0. The molecule has 0 aromatic heterocycles. The molecule has 0 heterocycles. The number of carboxylic acids is 1. The highest BCUT2D eigenvalue weighted by atomic mass is 16.4. The molecule has 0 aromatic carbocycles. The van der Waals surface area contributed by atoms with Gasteiger partial charge >= 0.3 is 5.97 Å². The first kappa shape index (κ1) is 18.0. The Morgan fingerprint density at radius 1 is 0.917 bits per heavy atom. The van der Waals surface area contributed by atoms with Crippen molar-refractivity contribution in [1.29, 1.82) is 0 Å². The van der Waals surface area contributed by atoms with Gasteiger partial charge in [0.2, 0.25) is 0 Å². The molecule has 0 amide bonds. The maximum Gasteiger partial charge on any atom is 0.306 e. The second-order valence-electron chi connectivity index (χ2n) is 8.98. The van der Waals surface area contributed by atoms with E-state index in [2.05, 4.69) is 12.7 Å². The summed E-state index contributed by atoms with van der Waals surface area (Å²) in [5.74, 6) is 1.97. The Morgan fingerprint density at radius 2 is 1.50 bits per heavy atom. The van der Waals surface area contributed by atoms with Crippen LogP contribution in [0.3, 0.4) is 0 Å². The molecule has 3 saturated carbocycles. The van der Waals surface area contributed by atoms with E-state index in [-0.39, 0.29) is 5.92 Å². The van der Waals surface area contributed by atoms with E-state index in [9.17, 15) is 9.90 Å². The van der Waals surface area contributed by atoms with E-state index in [1.807, 2.05) is 0 Å². The Morgan fingerprint density at radius 3 is 2.04 bits per heavy atom. The highest BCUT2D eigenvalue weighted by Crippen LogP contribution is 2.54. The van der Waals surface area contributed by atoms with Crippen molar-refractivity contribution >= 4 is 5.97 Å². The van der Waals surface area contributed by atoms with Crippen LogP contribution in [0.5, 0.6) is 0 Å². The van der Waals surface area contributed by atoms with E-state index in [0.717, 1.165) is 43.4 Å². The van der Waals surface area contributed by atoms with Crippen molar-refractivity contribution in [1.82, 2.24) is 0 Å². The quantitative estimate of drug-likeness (QED) is 0.608. The molecule has 0 saturated heterocycles. The molecule has 0 aliphatic heterocycles. The van der Waals surface area contributed by atoms with Crippen molar-refractivity contribution < 1.29 is 9.90 Å². The molecule has 0 unspecified atom stereocenters. The molecular formula is C22H36O2. The Bertz CT molecular complexity index is 419. The lowest BCUT2D eigenvalue weighted by atomic mass is 9.57. The first-order chi connectivity index (χ1) is 11.6. The van der Waals surface area contributed by atoms with Gasteiger partial charge in [-0.15, -0.1) is 6.58 Å². The molecule has 1 N–H and O–H groups in total. The zero-order valence-corrected chi connectivity index (χ0v) is 15.3. The summed E-state index contributed by atoms with van der Waals surface area (Å²) in [5, 5.41) is 9.20. The molecule has 0 radical (unpaired) electrons. The second kappa shape index (κ2) is 8.06. The standard InChI is InChI=1S/C22H36O2/c1-2-14-22(20-6-4-3-5-7-20)15-12-18(13-16-22)17-8-10-19(11-9-17)21(23)24/h2,17-20H,1,3-16H2,(H,23,24). The Labute approximate surface area is 148 Å². The molecule has 3 rings (SSSR count). The minimum atomic E-state index is -0.570. The summed E-state index contributed by atoms with van der Waals surface area (Å²) in [7, 11) is 0. The maximum absolute atomic E-state index is 11.2. The first-order valence-electron chi connectivity index (χ1n) is 10.5. The van der Waals surface area contributed by atoms with Crippen LogP contribution in [0.1, 0.15) is 89.9 Å². The molecular weight excluding hydrogens is 296 g/mol. The molecule has 0 atom stereocenters. The van der Waals surface area contributed by atoms with Gasteiger partial charge in [-0.2, -0.15) is 0 Å².